The number of hydroxylamine groups is 2. The number of hydrogen-bond acceptors (Lipinski definition) is 5. The first kappa shape index (κ1) is 16.0. The van der Waals surface area contributed by atoms with E-state index in [9.17, 15) is 18.0 Å². The predicted octanol–water partition coefficient (Wildman–Crippen LogP) is -0.142. The topological polar surface area (TPSA) is 107 Å². The highest BCUT2D eigenvalue weighted by Crippen LogP contribution is 2.31. The highest BCUT2D eigenvalue weighted by Gasteiger charge is 2.49. The summed E-state index contributed by atoms with van der Waals surface area (Å²) in [6, 6.07) is -1.79. The van der Waals surface area contributed by atoms with E-state index in [2.05, 4.69) is 4.28 Å². The first-order chi connectivity index (χ1) is 9.78. The minimum absolute atomic E-state index is 0.152. The van der Waals surface area contributed by atoms with Crippen molar-refractivity contribution < 1.29 is 26.8 Å². The average Bonchev–Trinajstić information content (AvgIpc) is 2.64. The lowest BCUT2D eigenvalue weighted by Crippen LogP contribution is -2.51. The van der Waals surface area contributed by atoms with E-state index in [-0.39, 0.29) is 12.5 Å². The Hall–Kier alpha value is -1.39. The van der Waals surface area contributed by atoms with Crippen LogP contribution in [-0.4, -0.2) is 71.5 Å². The van der Waals surface area contributed by atoms with Crippen LogP contribution in [0.15, 0.2) is 0 Å². The molecule has 2 atom stereocenters. The molecule has 2 bridgehead atoms. The van der Waals surface area contributed by atoms with Crippen LogP contribution in [0.4, 0.5) is 4.79 Å². The second-order valence-electron chi connectivity index (χ2n) is 5.02. The van der Waals surface area contributed by atoms with Gasteiger partial charge in [-0.2, -0.15) is 13.5 Å². The number of nitrogens with zero attached hydrogens (tertiary/aromatic N) is 3. The largest absolute Gasteiger partial charge is 0.418 e. The van der Waals surface area contributed by atoms with Crippen LogP contribution in [-0.2, 0) is 19.5 Å². The van der Waals surface area contributed by atoms with E-state index in [0.29, 0.717) is 31.0 Å². The van der Waals surface area contributed by atoms with Crippen molar-refractivity contribution in [2.45, 2.75) is 38.8 Å². The first-order valence-corrected chi connectivity index (χ1v) is 8.20. The van der Waals surface area contributed by atoms with Crippen molar-refractivity contribution in [3.63, 3.8) is 0 Å². The Kier molecular flexibility index (Phi) is 4.40. The first-order valence-electron chi connectivity index (χ1n) is 6.84. The average molecular weight is 321 g/mol. The summed E-state index contributed by atoms with van der Waals surface area (Å²) in [7, 11) is -4.76. The SMILES string of the molecule is CCN(CC)C(=O)[C@@H]1CC[C@@H]2CN1C(=O)N2OS(=O)(=O)O. The molecule has 0 saturated carbocycles. The summed E-state index contributed by atoms with van der Waals surface area (Å²) in [5, 5.41) is 0.644. The maximum absolute atomic E-state index is 12.4. The van der Waals surface area contributed by atoms with Crippen LogP contribution in [0.1, 0.15) is 26.7 Å². The van der Waals surface area contributed by atoms with Gasteiger partial charge in [-0.05, 0) is 26.7 Å². The van der Waals surface area contributed by atoms with Crippen molar-refractivity contribution in [3.8, 4) is 0 Å². The van der Waals surface area contributed by atoms with E-state index >= 15 is 0 Å². The number of fused-ring (bicyclic) bond motifs is 2. The standard InChI is InChI=1S/C11H19N3O6S/c1-3-12(4-2)10(15)9-6-5-8-7-13(9)11(16)14(8)20-21(17,18)19/h8-9H,3-7H2,1-2H3,(H,17,18,19)/t8-,9+/m1/s1. The van der Waals surface area contributed by atoms with E-state index < -0.39 is 28.5 Å². The summed E-state index contributed by atoms with van der Waals surface area (Å²) >= 11 is 0. The summed E-state index contributed by atoms with van der Waals surface area (Å²) in [5.41, 5.74) is 0. The van der Waals surface area contributed by atoms with Gasteiger partial charge in [0.1, 0.15) is 6.04 Å². The normalized spacial score (nSPS) is 25.4. The van der Waals surface area contributed by atoms with Crippen molar-refractivity contribution in [3.05, 3.63) is 0 Å². The molecule has 120 valence electrons. The van der Waals surface area contributed by atoms with Gasteiger partial charge in [-0.15, -0.1) is 4.28 Å². The van der Waals surface area contributed by atoms with Crippen molar-refractivity contribution in [2.75, 3.05) is 19.6 Å². The molecule has 10 heteroatoms. The zero-order valence-electron chi connectivity index (χ0n) is 11.9. The van der Waals surface area contributed by atoms with Crippen molar-refractivity contribution in [2.24, 2.45) is 0 Å². The summed E-state index contributed by atoms with van der Waals surface area (Å²) < 4.78 is 34.6. The van der Waals surface area contributed by atoms with Gasteiger partial charge in [0.15, 0.2) is 0 Å². The molecule has 2 rings (SSSR count). The van der Waals surface area contributed by atoms with E-state index in [1.807, 2.05) is 13.8 Å². The van der Waals surface area contributed by atoms with Gasteiger partial charge < -0.3 is 9.80 Å². The molecule has 0 aromatic heterocycles. The van der Waals surface area contributed by atoms with Crippen LogP contribution < -0.4 is 0 Å². The van der Waals surface area contributed by atoms with Gasteiger partial charge in [0.2, 0.25) is 5.91 Å². The third-order valence-corrected chi connectivity index (χ3v) is 4.21. The lowest BCUT2D eigenvalue weighted by atomic mass is 10.00. The maximum Gasteiger partial charge on any atom is 0.418 e. The predicted molar refractivity (Wildman–Crippen MR) is 71.3 cm³/mol. The number of hydrogen-bond donors (Lipinski definition) is 1. The Morgan fingerprint density at radius 1 is 1.38 bits per heavy atom. The van der Waals surface area contributed by atoms with Gasteiger partial charge in [-0.3, -0.25) is 9.35 Å². The molecule has 1 N–H and O–H groups in total. The van der Waals surface area contributed by atoms with E-state index in [0.717, 1.165) is 0 Å². The van der Waals surface area contributed by atoms with Crippen LogP contribution in [0.5, 0.6) is 0 Å². The quantitative estimate of drug-likeness (QED) is 0.706. The molecule has 0 aromatic rings. The molecule has 2 fully saturated rings. The fourth-order valence-electron chi connectivity index (χ4n) is 2.83. The molecular weight excluding hydrogens is 302 g/mol. The zero-order valence-corrected chi connectivity index (χ0v) is 12.7. The summed E-state index contributed by atoms with van der Waals surface area (Å²) in [5.74, 6) is -0.152. The lowest BCUT2D eigenvalue weighted by molar-refractivity contribution is -0.136. The van der Waals surface area contributed by atoms with Crippen molar-refractivity contribution >= 4 is 22.3 Å². The van der Waals surface area contributed by atoms with Crippen molar-refractivity contribution in [1.29, 1.82) is 0 Å². The fraction of sp³-hybridized carbons (Fsp3) is 0.818. The van der Waals surface area contributed by atoms with Gasteiger partial charge >= 0.3 is 16.4 Å². The molecule has 21 heavy (non-hydrogen) atoms. The maximum atomic E-state index is 12.4. The molecule has 2 saturated heterocycles. The second-order valence-corrected chi connectivity index (χ2v) is 6.03. The summed E-state index contributed by atoms with van der Waals surface area (Å²) in [4.78, 5) is 27.5. The molecule has 2 aliphatic rings. The number of likely N-dealkylation sites (N-methyl/N-ethyl adjacent to an activating group) is 1. The zero-order chi connectivity index (χ0) is 15.8. The van der Waals surface area contributed by atoms with Crippen LogP contribution >= 0.6 is 0 Å². The van der Waals surface area contributed by atoms with E-state index in [1.54, 1.807) is 4.90 Å². The number of rotatable bonds is 5. The monoisotopic (exact) mass is 321 g/mol. The van der Waals surface area contributed by atoms with Crippen LogP contribution in [0.2, 0.25) is 0 Å². The number of urea groups is 1. The van der Waals surface area contributed by atoms with Crippen LogP contribution in [0.25, 0.3) is 0 Å². The third kappa shape index (κ3) is 3.11. The van der Waals surface area contributed by atoms with Gasteiger partial charge in [-0.25, -0.2) is 4.79 Å². The van der Waals surface area contributed by atoms with Gasteiger partial charge in [0.25, 0.3) is 0 Å². The van der Waals surface area contributed by atoms with Crippen LogP contribution in [0, 0.1) is 0 Å². The van der Waals surface area contributed by atoms with Gasteiger partial charge in [0, 0.05) is 19.6 Å². The van der Waals surface area contributed by atoms with Gasteiger partial charge in [-0.1, -0.05) is 0 Å². The molecule has 0 aromatic carbocycles. The molecular formula is C11H19N3O6S. The Bertz CT molecular complexity index is 532. The smallest absolute Gasteiger partial charge is 0.341 e. The van der Waals surface area contributed by atoms with Crippen LogP contribution in [0.3, 0.4) is 0 Å². The Labute approximate surface area is 123 Å². The molecule has 3 amide bonds. The van der Waals surface area contributed by atoms with E-state index in [1.165, 1.54) is 4.90 Å². The molecule has 0 aliphatic carbocycles. The molecule has 9 nitrogen and oxygen atoms in total. The van der Waals surface area contributed by atoms with Crippen molar-refractivity contribution in [1.82, 2.24) is 14.9 Å². The molecule has 0 spiro atoms. The second kappa shape index (κ2) is 5.78. The Balaban J connectivity index is 2.15. The van der Waals surface area contributed by atoms with E-state index in [4.69, 9.17) is 4.55 Å². The Morgan fingerprint density at radius 3 is 2.52 bits per heavy atom. The molecule has 2 aliphatic heterocycles. The molecule has 0 radical (unpaired) electrons. The summed E-state index contributed by atoms with van der Waals surface area (Å²) in [6.07, 6.45) is 0.881. The number of amides is 3. The minimum atomic E-state index is -4.76. The third-order valence-electron chi connectivity index (χ3n) is 3.86. The molecule has 0 unspecified atom stereocenters. The highest BCUT2D eigenvalue weighted by molar-refractivity contribution is 7.80. The van der Waals surface area contributed by atoms with Gasteiger partial charge in [0.05, 0.1) is 6.04 Å². The lowest BCUT2D eigenvalue weighted by Gasteiger charge is -2.33. The summed E-state index contributed by atoms with van der Waals surface area (Å²) in [6.45, 7) is 5.01. The number of carbonyl (C=O) groups excluding carboxylic acids is 2. The fourth-order valence-corrected chi connectivity index (χ4v) is 3.22. The number of piperidine rings is 1. The number of carbonyl (C=O) groups is 2. The molecule has 2 heterocycles. The highest BCUT2D eigenvalue weighted by atomic mass is 32.3. The Morgan fingerprint density at radius 2 is 2.00 bits per heavy atom. The minimum Gasteiger partial charge on any atom is -0.341 e.